The Morgan fingerprint density at radius 1 is 0.975 bits per heavy atom. The highest BCUT2D eigenvalue weighted by Crippen LogP contribution is 2.62. The van der Waals surface area contributed by atoms with Gasteiger partial charge in [0.05, 0.1) is 17.5 Å². The summed E-state index contributed by atoms with van der Waals surface area (Å²) in [5.41, 5.74) is 1.49. The van der Waals surface area contributed by atoms with Gasteiger partial charge < -0.3 is 9.64 Å². The van der Waals surface area contributed by atoms with Crippen LogP contribution in [0.3, 0.4) is 0 Å². The molecule has 0 saturated carbocycles. The molecule has 0 amide bonds. The van der Waals surface area contributed by atoms with Gasteiger partial charge in [-0.25, -0.2) is 0 Å². The molecule has 40 heavy (non-hydrogen) atoms. The van der Waals surface area contributed by atoms with Crippen LogP contribution < -0.4 is 9.64 Å². The molecular weight excluding hydrogens is 542 g/mol. The highest BCUT2D eigenvalue weighted by atomic mass is 35.5. The van der Waals surface area contributed by atoms with Crippen LogP contribution in [0.1, 0.15) is 54.4 Å². The molecule has 1 fully saturated rings. The van der Waals surface area contributed by atoms with Crippen molar-refractivity contribution >= 4 is 52.1 Å². The molecule has 1 aromatic heterocycles. The topological polar surface area (TPSA) is 63.7 Å². The third-order valence-corrected chi connectivity index (χ3v) is 9.47. The normalized spacial score (nSPS) is 21.9. The quantitative estimate of drug-likeness (QED) is 0.190. The molecule has 3 unspecified atom stereocenters. The summed E-state index contributed by atoms with van der Waals surface area (Å²) in [6.07, 6.45) is 3.81. The second kappa shape index (κ2) is 9.29. The maximum absolute atomic E-state index is 14.7. The number of Topliss-reactive ketones (excluding diaryl/α,β-unsaturated/α-hetero) is 3. The lowest BCUT2D eigenvalue weighted by molar-refractivity contribution is 0.0664. The average Bonchev–Trinajstić information content (AvgIpc) is 3.67. The highest BCUT2D eigenvalue weighted by molar-refractivity contribution is 7.12. The van der Waals surface area contributed by atoms with E-state index in [1.807, 2.05) is 71.8 Å². The first-order valence-corrected chi connectivity index (χ1v) is 14.5. The van der Waals surface area contributed by atoms with Crippen LogP contribution >= 0.6 is 22.9 Å². The Kier molecular flexibility index (Phi) is 5.81. The molecule has 1 spiro atoms. The van der Waals surface area contributed by atoms with Crippen LogP contribution in [0, 0.1) is 5.41 Å². The first-order valence-electron chi connectivity index (χ1n) is 13.2. The molecule has 5 nitrogen and oxygen atoms in total. The van der Waals surface area contributed by atoms with Gasteiger partial charge in [0.2, 0.25) is 0 Å². The number of thiophene rings is 1. The van der Waals surface area contributed by atoms with Gasteiger partial charge in [0.15, 0.2) is 17.3 Å². The van der Waals surface area contributed by atoms with Crippen molar-refractivity contribution < 1.29 is 19.1 Å². The first kappa shape index (κ1) is 25.0. The van der Waals surface area contributed by atoms with Gasteiger partial charge in [-0.2, -0.15) is 0 Å². The van der Waals surface area contributed by atoms with E-state index < -0.39 is 23.4 Å². The minimum Gasteiger partial charge on any atom is -0.494 e. The maximum atomic E-state index is 14.7. The van der Waals surface area contributed by atoms with E-state index in [9.17, 15) is 14.4 Å². The molecule has 198 valence electrons. The van der Waals surface area contributed by atoms with E-state index >= 15 is 0 Å². The van der Waals surface area contributed by atoms with Gasteiger partial charge in [0.25, 0.3) is 0 Å². The van der Waals surface area contributed by atoms with Gasteiger partial charge in [-0.3, -0.25) is 14.4 Å². The zero-order valence-electron chi connectivity index (χ0n) is 21.5. The van der Waals surface area contributed by atoms with Crippen LogP contribution in [-0.2, 0) is 0 Å². The maximum Gasteiger partial charge on any atom is 0.195 e. The number of ketones is 3. The van der Waals surface area contributed by atoms with Gasteiger partial charge in [-0.1, -0.05) is 72.3 Å². The summed E-state index contributed by atoms with van der Waals surface area (Å²) in [5, 5.41) is 2.43. The number of hydrogen-bond acceptors (Lipinski definition) is 6. The molecule has 1 aliphatic carbocycles. The number of anilines is 1. The summed E-state index contributed by atoms with van der Waals surface area (Å²) in [7, 11) is 0. The fourth-order valence-electron chi connectivity index (χ4n) is 6.88. The number of carbonyl (C=O) groups is 3. The van der Waals surface area contributed by atoms with Crippen molar-refractivity contribution in [2.75, 3.05) is 11.5 Å². The zero-order valence-corrected chi connectivity index (χ0v) is 23.1. The number of benzene rings is 3. The van der Waals surface area contributed by atoms with Gasteiger partial charge in [-0.05, 0) is 48.2 Å². The Labute approximate surface area is 240 Å². The molecule has 3 atom stereocenters. The van der Waals surface area contributed by atoms with E-state index in [4.69, 9.17) is 16.3 Å². The predicted octanol–water partition coefficient (Wildman–Crippen LogP) is 7.12. The number of fused-ring (bicyclic) bond motifs is 5. The first-order chi connectivity index (χ1) is 19.5. The number of carbonyl (C=O) groups excluding carboxylic acids is 3. The molecule has 0 bridgehead atoms. The fraction of sp³-hybridized carbons (Fsp3) is 0.182. The van der Waals surface area contributed by atoms with Crippen LogP contribution in [0.15, 0.2) is 90.3 Å². The number of rotatable bonds is 5. The molecule has 7 rings (SSSR count). The molecule has 7 heteroatoms. The largest absolute Gasteiger partial charge is 0.494 e. The lowest BCUT2D eigenvalue weighted by Gasteiger charge is -2.37. The smallest absolute Gasteiger partial charge is 0.195 e. The second-order valence-electron chi connectivity index (χ2n) is 10.2. The molecule has 0 N–H and O–H groups in total. The lowest BCUT2D eigenvalue weighted by Crippen LogP contribution is -2.48. The van der Waals surface area contributed by atoms with Crippen LogP contribution in [-0.4, -0.2) is 36.0 Å². The summed E-state index contributed by atoms with van der Waals surface area (Å²) in [4.78, 5) is 46.5. The number of halogens is 1. The zero-order chi connectivity index (χ0) is 27.6. The lowest BCUT2D eigenvalue weighted by atomic mass is 9.64. The van der Waals surface area contributed by atoms with Crippen molar-refractivity contribution in [3.8, 4) is 5.75 Å². The van der Waals surface area contributed by atoms with Crippen molar-refractivity contribution in [1.82, 2.24) is 0 Å². The van der Waals surface area contributed by atoms with Gasteiger partial charge in [0.1, 0.15) is 17.2 Å². The van der Waals surface area contributed by atoms with Crippen molar-refractivity contribution in [2.24, 2.45) is 5.41 Å². The van der Waals surface area contributed by atoms with Crippen molar-refractivity contribution in [2.45, 2.75) is 24.9 Å². The molecule has 3 heterocycles. The van der Waals surface area contributed by atoms with E-state index in [0.717, 1.165) is 11.3 Å². The SMILES string of the molecule is CCOc1ccccc1C1C(C(=O)c2cccs2)N2c3ccc(Cl)cc3C=CC2C12C(=O)c1ccccc1C2=O. The Bertz CT molecular complexity index is 1690. The molecular formula is C33H24ClNO4S. The molecule has 3 aliphatic rings. The van der Waals surface area contributed by atoms with E-state index in [2.05, 4.69) is 0 Å². The van der Waals surface area contributed by atoms with E-state index in [0.29, 0.717) is 38.9 Å². The monoisotopic (exact) mass is 565 g/mol. The Hall–Kier alpha value is -4.00. The minimum atomic E-state index is -1.57. The summed E-state index contributed by atoms with van der Waals surface area (Å²) in [5.74, 6) is -0.907. The van der Waals surface area contributed by atoms with Gasteiger partial charge in [0, 0.05) is 33.3 Å². The van der Waals surface area contributed by atoms with Crippen LogP contribution in [0.4, 0.5) is 5.69 Å². The molecule has 2 aliphatic heterocycles. The molecule has 0 radical (unpaired) electrons. The Balaban J connectivity index is 1.57. The fourth-order valence-corrected chi connectivity index (χ4v) is 7.76. The summed E-state index contributed by atoms with van der Waals surface area (Å²) in [6, 6.07) is 22.1. The molecule has 4 aromatic rings. The second-order valence-corrected chi connectivity index (χ2v) is 11.6. The number of nitrogens with zero attached hydrogens (tertiary/aromatic N) is 1. The average molecular weight is 566 g/mol. The Morgan fingerprint density at radius 3 is 2.40 bits per heavy atom. The summed E-state index contributed by atoms with van der Waals surface area (Å²) >= 11 is 7.72. The van der Waals surface area contributed by atoms with E-state index in [-0.39, 0.29) is 17.3 Å². The van der Waals surface area contributed by atoms with Crippen molar-refractivity contribution in [1.29, 1.82) is 0 Å². The number of para-hydroxylation sites is 1. The predicted molar refractivity (Wildman–Crippen MR) is 157 cm³/mol. The van der Waals surface area contributed by atoms with Crippen LogP contribution in [0.5, 0.6) is 5.75 Å². The number of ether oxygens (including phenoxy) is 1. The molecule has 1 saturated heterocycles. The van der Waals surface area contributed by atoms with Crippen LogP contribution in [0.2, 0.25) is 5.02 Å². The molecule has 3 aromatic carbocycles. The highest BCUT2D eigenvalue weighted by Gasteiger charge is 2.72. The van der Waals surface area contributed by atoms with E-state index in [1.165, 1.54) is 11.3 Å². The number of hydrogen-bond donors (Lipinski definition) is 0. The van der Waals surface area contributed by atoms with Gasteiger partial charge >= 0.3 is 0 Å². The van der Waals surface area contributed by atoms with E-state index in [1.54, 1.807) is 36.4 Å². The van der Waals surface area contributed by atoms with Crippen LogP contribution in [0.25, 0.3) is 6.08 Å². The van der Waals surface area contributed by atoms with Gasteiger partial charge in [-0.15, -0.1) is 11.3 Å². The van der Waals surface area contributed by atoms with Crippen molar-refractivity contribution in [3.63, 3.8) is 0 Å². The third-order valence-electron chi connectivity index (χ3n) is 8.35. The summed E-state index contributed by atoms with van der Waals surface area (Å²) in [6.45, 7) is 2.29. The third kappa shape index (κ3) is 3.30. The standard InChI is InChI=1S/C33H24ClNO4S/c1-2-39-25-11-6-5-10-23(25)28-29(30(36)26-12-7-17-40-26)35-24-15-14-20(34)18-19(24)13-16-27(35)33(28)31(37)21-8-3-4-9-22(21)32(33)38/h3-18,27-29H,2H2,1H3. The Morgan fingerprint density at radius 2 is 1.70 bits per heavy atom. The minimum absolute atomic E-state index is 0.138. The van der Waals surface area contributed by atoms with Crippen molar-refractivity contribution in [3.05, 3.63) is 122 Å². The summed E-state index contributed by atoms with van der Waals surface area (Å²) < 4.78 is 6.07.